The Bertz CT molecular complexity index is 5930. The minimum absolute atomic E-state index is 0.263. The van der Waals surface area contributed by atoms with Gasteiger partial charge < -0.3 is 19.6 Å². The standard InChI is InChI=1S/C110H84B2N4/c1-3-5-39-75-69-101-105-103(71-75)115(109-89(81-49-23-11-24-50-81)61-37-62-90(109)82-51-25-12-26-52-82)99-74-100-96(73-95(99)111(105)93-65-31-33-67-97(93)113(101)107-85(77-41-15-7-16-42-77)57-35-58-86(107)78-43-17-8-18-44-78)112-94-66-32-34-68-98(94)114(108-87(79-45-19-9-20-46-79)59-36-60-88(108)80-47-21-10-22-48-80)102-70-76(40-6-4-2)72-104(106(102)112)116(100)110-91(83-53-27-13-28-54-83)63-38-64-92(110)84-55-29-14-30-56-84/h7-38,41-74H,3-6,39-40H2,1-2H3. The Morgan fingerprint density at radius 1 is 0.190 bits per heavy atom. The number of para-hydroxylation sites is 6. The van der Waals surface area contributed by atoms with E-state index in [4.69, 9.17) is 0 Å². The summed E-state index contributed by atoms with van der Waals surface area (Å²) in [5.41, 5.74) is 42.6. The molecule has 0 unspecified atom stereocenters. The van der Waals surface area contributed by atoms with Crippen LogP contribution in [0.1, 0.15) is 50.7 Å². The molecule has 0 atom stereocenters. The van der Waals surface area contributed by atoms with E-state index in [1.165, 1.54) is 100 Å². The topological polar surface area (TPSA) is 13.0 Å². The lowest BCUT2D eigenvalue weighted by molar-refractivity contribution is 0.795. The molecule has 0 N–H and O–H groups in total. The van der Waals surface area contributed by atoms with E-state index < -0.39 is 0 Å². The summed E-state index contributed by atoms with van der Waals surface area (Å²) in [6.45, 7) is 4.15. The molecule has 4 aliphatic heterocycles. The molecule has 17 aromatic rings. The molecule has 0 fully saturated rings. The highest BCUT2D eigenvalue weighted by Gasteiger charge is 2.50. The Kier molecular flexibility index (Phi) is 18.0. The first-order valence-electron chi connectivity index (χ1n) is 41.4. The highest BCUT2D eigenvalue weighted by atomic mass is 15.2. The van der Waals surface area contributed by atoms with Gasteiger partial charge in [-0.1, -0.05) is 385 Å². The van der Waals surface area contributed by atoms with E-state index >= 15 is 0 Å². The van der Waals surface area contributed by atoms with Crippen LogP contribution in [0.25, 0.3) is 89.0 Å². The second-order valence-corrected chi connectivity index (χ2v) is 31.3. The van der Waals surface area contributed by atoms with E-state index in [9.17, 15) is 0 Å². The van der Waals surface area contributed by atoms with Crippen molar-refractivity contribution in [3.8, 4) is 89.0 Å². The summed E-state index contributed by atoms with van der Waals surface area (Å²) in [4.78, 5) is 10.9. The van der Waals surface area contributed by atoms with Crippen LogP contribution in [0.15, 0.2) is 400 Å². The monoisotopic (exact) mass is 1480 g/mol. The SMILES string of the molecule is CCCCc1cc2c3c(c1)N(c1c(-c4ccccc4)cccc1-c1ccccc1)c1cc4c(cc1B3c1ccccc1N2c1c(-c2ccccc2)cccc1-c1ccccc1)B1c2ccccc2N(c2c(-c3ccccc3)cccc2-c2ccccc2)c2cc(CCCC)cc(c21)N4c1c(-c2ccccc2)cccc1-c1ccccc1. The minimum atomic E-state index is -0.263. The van der Waals surface area contributed by atoms with Crippen molar-refractivity contribution < 1.29 is 0 Å². The van der Waals surface area contributed by atoms with Crippen molar-refractivity contribution in [2.75, 3.05) is 19.6 Å². The molecule has 0 saturated heterocycles. The quantitative estimate of drug-likeness (QED) is 0.0794. The maximum absolute atomic E-state index is 2.78. The molecule has 0 amide bonds. The molecular formula is C110H84B2N4. The van der Waals surface area contributed by atoms with Crippen molar-refractivity contribution in [2.45, 2.75) is 52.4 Å². The number of hydrogen-bond acceptors (Lipinski definition) is 4. The summed E-state index contributed by atoms with van der Waals surface area (Å²) in [6.07, 6.45) is 5.95. The number of rotatable bonds is 18. The van der Waals surface area contributed by atoms with Crippen LogP contribution in [0.2, 0.25) is 0 Å². The number of benzene rings is 17. The van der Waals surface area contributed by atoms with Crippen molar-refractivity contribution in [3.05, 3.63) is 412 Å². The van der Waals surface area contributed by atoms with Gasteiger partial charge in [-0.05, 0) is 157 Å². The van der Waals surface area contributed by atoms with Gasteiger partial charge in [0.1, 0.15) is 0 Å². The Morgan fingerprint density at radius 3 is 0.638 bits per heavy atom. The van der Waals surface area contributed by atoms with Crippen molar-refractivity contribution in [1.82, 2.24) is 0 Å². The molecule has 0 radical (unpaired) electrons. The minimum Gasteiger partial charge on any atom is -0.310 e. The molecule has 17 aromatic carbocycles. The molecule has 4 heterocycles. The lowest BCUT2D eigenvalue weighted by atomic mass is 9.30. The number of aryl methyl sites for hydroxylation is 2. The van der Waals surface area contributed by atoms with Crippen LogP contribution in [0, 0.1) is 0 Å². The fourth-order valence-electron chi connectivity index (χ4n) is 19.5. The molecular weight excluding hydrogens is 1400 g/mol. The summed E-state index contributed by atoms with van der Waals surface area (Å²) < 4.78 is 0. The highest BCUT2D eigenvalue weighted by molar-refractivity contribution is 7.03. The maximum atomic E-state index is 2.78. The van der Waals surface area contributed by atoms with Crippen LogP contribution < -0.4 is 52.4 Å². The molecule has 0 aliphatic carbocycles. The number of unbranched alkanes of at least 4 members (excludes halogenated alkanes) is 2. The van der Waals surface area contributed by atoms with Gasteiger partial charge in [-0.2, -0.15) is 0 Å². The summed E-state index contributed by atoms with van der Waals surface area (Å²) >= 11 is 0. The van der Waals surface area contributed by atoms with E-state index in [1.54, 1.807) is 0 Å². The van der Waals surface area contributed by atoms with E-state index in [0.29, 0.717) is 0 Å². The fraction of sp³-hybridized carbons (Fsp3) is 0.0727. The Morgan fingerprint density at radius 2 is 0.405 bits per heavy atom. The lowest BCUT2D eigenvalue weighted by Crippen LogP contribution is -2.65. The zero-order chi connectivity index (χ0) is 77.2. The Labute approximate surface area is 682 Å². The summed E-state index contributed by atoms with van der Waals surface area (Å²) in [6, 6.07) is 152. The molecule has 0 aromatic heterocycles. The van der Waals surface area contributed by atoms with Crippen LogP contribution in [0.3, 0.4) is 0 Å². The number of anilines is 12. The first kappa shape index (κ1) is 70.0. The van der Waals surface area contributed by atoms with E-state index in [2.05, 4.69) is 434 Å². The molecule has 0 saturated carbocycles. The van der Waals surface area contributed by atoms with Crippen molar-refractivity contribution in [2.24, 2.45) is 0 Å². The molecule has 0 spiro atoms. The van der Waals surface area contributed by atoms with Crippen LogP contribution in [-0.2, 0) is 12.8 Å². The van der Waals surface area contributed by atoms with E-state index in [-0.39, 0.29) is 13.4 Å². The van der Waals surface area contributed by atoms with Gasteiger partial charge in [0.2, 0.25) is 0 Å². The summed E-state index contributed by atoms with van der Waals surface area (Å²) in [7, 11) is 0. The highest BCUT2D eigenvalue weighted by Crippen LogP contribution is 2.57. The average molecular weight is 1480 g/mol. The smallest absolute Gasteiger partial charge is 0.252 e. The maximum Gasteiger partial charge on any atom is 0.252 e. The van der Waals surface area contributed by atoms with Crippen LogP contribution in [0.5, 0.6) is 0 Å². The lowest BCUT2D eigenvalue weighted by Gasteiger charge is -2.48. The van der Waals surface area contributed by atoms with Crippen molar-refractivity contribution in [3.63, 3.8) is 0 Å². The molecule has 0 bridgehead atoms. The van der Waals surface area contributed by atoms with Crippen LogP contribution >= 0.6 is 0 Å². The van der Waals surface area contributed by atoms with Gasteiger partial charge in [0.25, 0.3) is 13.4 Å². The van der Waals surface area contributed by atoms with Gasteiger partial charge in [-0.25, -0.2) is 0 Å². The number of nitrogens with zero attached hydrogens (tertiary/aromatic N) is 4. The Balaban J connectivity index is 0.946. The van der Waals surface area contributed by atoms with Gasteiger partial charge in [0, 0.05) is 90.0 Å². The summed E-state index contributed by atoms with van der Waals surface area (Å²) in [5.74, 6) is 0. The molecule has 21 rings (SSSR count). The zero-order valence-electron chi connectivity index (χ0n) is 65.3. The molecule has 116 heavy (non-hydrogen) atoms. The predicted molar refractivity (Wildman–Crippen MR) is 495 cm³/mol. The molecule has 550 valence electrons. The number of hydrogen-bond donors (Lipinski definition) is 0. The normalized spacial score (nSPS) is 12.7. The van der Waals surface area contributed by atoms with Gasteiger partial charge in [-0.3, -0.25) is 0 Å². The molecule has 4 nitrogen and oxygen atoms in total. The predicted octanol–water partition coefficient (Wildman–Crippen LogP) is 25.9. The third kappa shape index (κ3) is 11.8. The second-order valence-electron chi connectivity index (χ2n) is 31.3. The molecule has 6 heteroatoms. The van der Waals surface area contributed by atoms with Gasteiger partial charge in [0.05, 0.1) is 22.7 Å². The van der Waals surface area contributed by atoms with Gasteiger partial charge in [-0.15, -0.1) is 0 Å². The summed E-state index contributed by atoms with van der Waals surface area (Å²) in [5, 5.41) is 0. The first-order valence-corrected chi connectivity index (χ1v) is 41.4. The zero-order valence-corrected chi connectivity index (χ0v) is 65.3. The molecule has 4 aliphatic rings. The Hall–Kier alpha value is -13.9. The third-order valence-corrected chi connectivity index (χ3v) is 24.5. The van der Waals surface area contributed by atoms with Crippen molar-refractivity contribution in [1.29, 1.82) is 0 Å². The van der Waals surface area contributed by atoms with Crippen molar-refractivity contribution >= 4 is 114 Å². The van der Waals surface area contributed by atoms with Crippen LogP contribution in [0.4, 0.5) is 68.2 Å². The number of fused-ring (bicyclic) bond motifs is 8. The van der Waals surface area contributed by atoms with Gasteiger partial charge in [0.15, 0.2) is 0 Å². The first-order chi connectivity index (χ1) is 57.6. The van der Waals surface area contributed by atoms with Crippen LogP contribution in [-0.4, -0.2) is 13.4 Å². The fourth-order valence-corrected chi connectivity index (χ4v) is 19.5. The average Bonchev–Trinajstić information content (AvgIpc) is 0.677. The van der Waals surface area contributed by atoms with Gasteiger partial charge >= 0.3 is 0 Å². The largest absolute Gasteiger partial charge is 0.310 e. The van der Waals surface area contributed by atoms with E-state index in [1.807, 2.05) is 0 Å². The van der Waals surface area contributed by atoms with E-state index in [0.717, 1.165) is 139 Å². The third-order valence-electron chi connectivity index (χ3n) is 24.5. The second kappa shape index (κ2) is 29.9.